The van der Waals surface area contributed by atoms with E-state index in [0.717, 1.165) is 55.7 Å². The second-order valence-corrected chi connectivity index (χ2v) is 8.60. The fourth-order valence-electron chi connectivity index (χ4n) is 4.88. The van der Waals surface area contributed by atoms with E-state index in [-0.39, 0.29) is 0 Å². The summed E-state index contributed by atoms with van der Waals surface area (Å²) in [6.07, 6.45) is 2.74. The number of morpholine rings is 1. The zero-order chi connectivity index (χ0) is 20.1. The lowest BCUT2D eigenvalue weighted by Crippen LogP contribution is -2.44. The molecule has 2 aliphatic rings. The van der Waals surface area contributed by atoms with Gasteiger partial charge in [0.05, 0.1) is 24.9 Å². The third-order valence-corrected chi connectivity index (χ3v) is 6.22. The van der Waals surface area contributed by atoms with Crippen molar-refractivity contribution in [1.82, 2.24) is 29.9 Å². The van der Waals surface area contributed by atoms with Crippen LogP contribution in [0.3, 0.4) is 0 Å². The van der Waals surface area contributed by atoms with Gasteiger partial charge in [-0.05, 0) is 31.5 Å². The van der Waals surface area contributed by atoms with E-state index in [1.807, 2.05) is 16.9 Å². The average molecular weight is 396 g/mol. The van der Waals surface area contributed by atoms with E-state index in [4.69, 9.17) is 14.8 Å². The van der Waals surface area contributed by atoms with Crippen LogP contribution in [0.5, 0.6) is 0 Å². The number of hydrogen-bond acceptors (Lipinski definition) is 6. The van der Waals surface area contributed by atoms with Gasteiger partial charge >= 0.3 is 0 Å². The molecule has 29 heavy (non-hydrogen) atoms. The summed E-state index contributed by atoms with van der Waals surface area (Å²) in [6, 6.07) is 4.87. The first-order valence-corrected chi connectivity index (χ1v) is 10.5. The van der Waals surface area contributed by atoms with E-state index in [1.165, 1.54) is 10.9 Å². The zero-order valence-electron chi connectivity index (χ0n) is 17.6. The molecule has 1 unspecified atom stereocenters. The number of ether oxygens (including phenoxy) is 1. The van der Waals surface area contributed by atoms with Gasteiger partial charge < -0.3 is 9.64 Å². The SMILES string of the molecule is CC(C)C1c2cc(N3CCOC[C@H]3C)nc3c2c(nn3-c2cc[nH]n2)CCN1C. The number of hydrogen-bond donors (Lipinski definition) is 1. The summed E-state index contributed by atoms with van der Waals surface area (Å²) in [5.74, 6) is 2.27. The number of H-pyrrole nitrogens is 1. The molecule has 154 valence electrons. The lowest BCUT2D eigenvalue weighted by Gasteiger charge is -2.36. The highest BCUT2D eigenvalue weighted by atomic mass is 16.5. The van der Waals surface area contributed by atoms with Crippen molar-refractivity contribution in [3.05, 3.63) is 29.6 Å². The molecule has 0 saturated carbocycles. The van der Waals surface area contributed by atoms with Gasteiger partial charge in [-0.3, -0.25) is 10.00 Å². The average Bonchev–Trinajstić information content (AvgIpc) is 3.31. The van der Waals surface area contributed by atoms with Crippen LogP contribution < -0.4 is 4.90 Å². The lowest BCUT2D eigenvalue weighted by molar-refractivity contribution is 0.0985. The molecule has 8 heteroatoms. The molecule has 0 bridgehead atoms. The quantitative estimate of drug-likeness (QED) is 0.735. The Hall–Kier alpha value is -2.45. The highest BCUT2D eigenvalue weighted by Crippen LogP contribution is 2.39. The number of nitrogens with zero attached hydrogens (tertiary/aromatic N) is 6. The maximum atomic E-state index is 5.66. The maximum Gasteiger partial charge on any atom is 0.177 e. The number of aromatic amines is 1. The molecule has 0 radical (unpaired) electrons. The predicted octanol–water partition coefficient (Wildman–Crippen LogP) is 2.55. The second-order valence-electron chi connectivity index (χ2n) is 8.60. The highest BCUT2D eigenvalue weighted by molar-refractivity contribution is 5.86. The van der Waals surface area contributed by atoms with Crippen LogP contribution in [0.1, 0.15) is 38.1 Å². The molecular weight excluding hydrogens is 366 g/mol. The number of anilines is 1. The van der Waals surface area contributed by atoms with Crippen LogP contribution in [-0.2, 0) is 11.2 Å². The van der Waals surface area contributed by atoms with Crippen LogP contribution in [0.2, 0.25) is 0 Å². The Morgan fingerprint density at radius 3 is 2.83 bits per heavy atom. The van der Waals surface area contributed by atoms with E-state index in [1.54, 1.807) is 0 Å². The van der Waals surface area contributed by atoms with E-state index >= 15 is 0 Å². The van der Waals surface area contributed by atoms with Gasteiger partial charge in [0.25, 0.3) is 0 Å². The summed E-state index contributed by atoms with van der Waals surface area (Å²) >= 11 is 0. The summed E-state index contributed by atoms with van der Waals surface area (Å²) in [5, 5.41) is 13.4. The standard InChI is InChI=1S/C21H29N7O/c1-13(2)20-15-11-18(27-9-10-29-12-14(27)3)23-21-19(15)16(6-8-26(20)4)25-28(21)17-5-7-22-24-17/h5,7,11,13-14,20H,6,8-10,12H2,1-4H3,(H,22,24)/t14-,20?/m1/s1. The van der Waals surface area contributed by atoms with Crippen molar-refractivity contribution in [3.63, 3.8) is 0 Å². The van der Waals surface area contributed by atoms with Gasteiger partial charge in [0.1, 0.15) is 5.82 Å². The van der Waals surface area contributed by atoms with Crippen molar-refractivity contribution in [1.29, 1.82) is 0 Å². The van der Waals surface area contributed by atoms with Crippen LogP contribution >= 0.6 is 0 Å². The topological polar surface area (TPSA) is 75.1 Å². The number of rotatable bonds is 3. The van der Waals surface area contributed by atoms with Gasteiger partial charge in [-0.1, -0.05) is 13.8 Å². The number of likely N-dealkylation sites (N-methyl/N-ethyl adjacent to an activating group) is 1. The molecule has 0 amide bonds. The van der Waals surface area contributed by atoms with Gasteiger partial charge in [0.15, 0.2) is 11.5 Å². The third-order valence-electron chi connectivity index (χ3n) is 6.22. The largest absolute Gasteiger partial charge is 0.377 e. The van der Waals surface area contributed by atoms with Crippen molar-refractivity contribution in [2.45, 2.75) is 39.3 Å². The molecule has 0 aromatic carbocycles. The normalized spacial score (nSPS) is 23.1. The fourth-order valence-corrected chi connectivity index (χ4v) is 4.88. The van der Waals surface area contributed by atoms with Crippen molar-refractivity contribution in [3.8, 4) is 5.82 Å². The fraction of sp³-hybridized carbons (Fsp3) is 0.571. The Bertz CT molecular complexity index is 1010. The van der Waals surface area contributed by atoms with Crippen molar-refractivity contribution < 1.29 is 4.74 Å². The van der Waals surface area contributed by atoms with Crippen molar-refractivity contribution in [2.75, 3.05) is 38.3 Å². The van der Waals surface area contributed by atoms with Crippen LogP contribution in [0, 0.1) is 5.92 Å². The number of nitrogens with one attached hydrogen (secondary N) is 1. The maximum absolute atomic E-state index is 5.66. The Morgan fingerprint density at radius 1 is 1.24 bits per heavy atom. The minimum Gasteiger partial charge on any atom is -0.377 e. The van der Waals surface area contributed by atoms with Crippen LogP contribution in [0.15, 0.2) is 18.3 Å². The van der Waals surface area contributed by atoms with E-state index in [0.29, 0.717) is 18.0 Å². The predicted molar refractivity (Wildman–Crippen MR) is 113 cm³/mol. The molecule has 5 heterocycles. The molecule has 1 fully saturated rings. The van der Waals surface area contributed by atoms with Crippen LogP contribution in [0.25, 0.3) is 16.9 Å². The number of pyridine rings is 1. The van der Waals surface area contributed by atoms with E-state index in [2.05, 4.69) is 53.9 Å². The lowest BCUT2D eigenvalue weighted by atomic mass is 9.93. The summed E-state index contributed by atoms with van der Waals surface area (Å²) in [7, 11) is 2.22. The van der Waals surface area contributed by atoms with Gasteiger partial charge in [0, 0.05) is 43.2 Å². The van der Waals surface area contributed by atoms with Crippen molar-refractivity contribution in [2.24, 2.45) is 5.92 Å². The smallest absolute Gasteiger partial charge is 0.177 e. The van der Waals surface area contributed by atoms with Gasteiger partial charge in [0.2, 0.25) is 0 Å². The van der Waals surface area contributed by atoms with Crippen LogP contribution in [-0.4, -0.2) is 69.3 Å². The summed E-state index contributed by atoms with van der Waals surface area (Å²) < 4.78 is 7.57. The third kappa shape index (κ3) is 3.02. The second kappa shape index (κ2) is 7.11. The molecule has 3 aromatic heterocycles. The monoisotopic (exact) mass is 395 g/mol. The Labute approximate surface area is 170 Å². The molecule has 2 aliphatic heterocycles. The highest BCUT2D eigenvalue weighted by Gasteiger charge is 2.32. The van der Waals surface area contributed by atoms with Crippen LogP contribution in [0.4, 0.5) is 5.82 Å². The first-order chi connectivity index (χ1) is 14.0. The summed E-state index contributed by atoms with van der Waals surface area (Å²) in [4.78, 5) is 9.96. The molecule has 5 rings (SSSR count). The Morgan fingerprint density at radius 2 is 2.10 bits per heavy atom. The molecule has 0 spiro atoms. The van der Waals surface area contributed by atoms with E-state index < -0.39 is 0 Å². The van der Waals surface area contributed by atoms with Crippen molar-refractivity contribution >= 4 is 16.9 Å². The van der Waals surface area contributed by atoms with Gasteiger partial charge in [-0.15, -0.1) is 0 Å². The molecule has 8 nitrogen and oxygen atoms in total. The first kappa shape index (κ1) is 18.6. The molecular formula is C21H29N7O. The molecule has 0 aliphatic carbocycles. The zero-order valence-corrected chi connectivity index (χ0v) is 17.6. The molecule has 2 atom stereocenters. The molecule has 1 N–H and O–H groups in total. The van der Waals surface area contributed by atoms with Gasteiger partial charge in [-0.2, -0.15) is 14.9 Å². The minimum absolute atomic E-state index is 0.295. The minimum atomic E-state index is 0.295. The Balaban J connectivity index is 1.78. The molecule has 3 aromatic rings. The summed E-state index contributed by atoms with van der Waals surface area (Å²) in [5.41, 5.74) is 3.34. The Kier molecular flexibility index (Phi) is 4.55. The number of aromatic nitrogens is 5. The van der Waals surface area contributed by atoms with E-state index in [9.17, 15) is 0 Å². The van der Waals surface area contributed by atoms with Gasteiger partial charge in [-0.25, -0.2) is 4.98 Å². The summed E-state index contributed by atoms with van der Waals surface area (Å²) in [6.45, 7) is 10.1. The molecule has 1 saturated heterocycles. The first-order valence-electron chi connectivity index (χ1n) is 10.5.